The van der Waals surface area contributed by atoms with Crippen LogP contribution in [0.3, 0.4) is 0 Å². The summed E-state index contributed by atoms with van der Waals surface area (Å²) >= 11 is 0. The third-order valence-electron chi connectivity index (χ3n) is 8.29. The fourth-order valence-corrected chi connectivity index (χ4v) is 6.63. The summed E-state index contributed by atoms with van der Waals surface area (Å²) in [4.78, 5) is 0. The lowest BCUT2D eigenvalue weighted by atomic mass is 9.72. The van der Waals surface area contributed by atoms with Crippen LogP contribution in [0, 0.1) is 35.5 Å². The summed E-state index contributed by atoms with van der Waals surface area (Å²) in [6.07, 6.45) is 8.11. The molecule has 2 rings (SSSR count). The second-order valence-electron chi connectivity index (χ2n) is 9.66. The number of rotatable bonds is 11. The maximum absolute atomic E-state index is 6.57. The Labute approximate surface area is 186 Å². The molecule has 0 aromatic carbocycles. The van der Waals surface area contributed by atoms with Gasteiger partial charge in [-0.05, 0) is 42.9 Å². The Morgan fingerprint density at radius 3 is 1.67 bits per heavy atom. The van der Waals surface area contributed by atoms with Gasteiger partial charge in [0.05, 0.1) is 18.8 Å². The number of ether oxygens (including phenoxy) is 4. The van der Waals surface area contributed by atoms with Crippen LogP contribution in [0.5, 0.6) is 0 Å². The minimum absolute atomic E-state index is 0.0813. The molecular formula is C26H50O4. The van der Waals surface area contributed by atoms with Gasteiger partial charge in [-0.2, -0.15) is 0 Å². The maximum atomic E-state index is 6.57. The summed E-state index contributed by atoms with van der Waals surface area (Å²) in [5.41, 5.74) is 0. The van der Waals surface area contributed by atoms with Crippen molar-refractivity contribution < 1.29 is 18.9 Å². The second-order valence-corrected chi connectivity index (χ2v) is 9.66. The van der Waals surface area contributed by atoms with Gasteiger partial charge >= 0.3 is 0 Å². The first-order valence-electron chi connectivity index (χ1n) is 13.0. The zero-order valence-electron chi connectivity index (χ0n) is 21.1. The molecule has 0 amide bonds. The third-order valence-corrected chi connectivity index (χ3v) is 8.29. The van der Waals surface area contributed by atoms with Gasteiger partial charge in [-0.25, -0.2) is 0 Å². The summed E-state index contributed by atoms with van der Waals surface area (Å²) < 4.78 is 25.4. The smallest absolute Gasteiger partial charge is 0.161 e. The minimum atomic E-state index is -0.123. The van der Waals surface area contributed by atoms with Crippen LogP contribution in [0.4, 0.5) is 0 Å². The van der Waals surface area contributed by atoms with E-state index >= 15 is 0 Å². The van der Waals surface area contributed by atoms with E-state index in [1.807, 2.05) is 0 Å². The highest BCUT2D eigenvalue weighted by Crippen LogP contribution is 2.43. The van der Waals surface area contributed by atoms with Crippen molar-refractivity contribution >= 4 is 0 Å². The van der Waals surface area contributed by atoms with Crippen molar-refractivity contribution in [1.29, 1.82) is 0 Å². The first-order valence-corrected chi connectivity index (χ1v) is 13.0. The van der Waals surface area contributed by atoms with Gasteiger partial charge in [0.25, 0.3) is 0 Å². The van der Waals surface area contributed by atoms with Crippen molar-refractivity contribution in [2.75, 3.05) is 13.7 Å². The molecule has 10 unspecified atom stereocenters. The van der Waals surface area contributed by atoms with Gasteiger partial charge in [-0.15, -0.1) is 0 Å². The summed E-state index contributed by atoms with van der Waals surface area (Å²) in [6.45, 7) is 16.7. The van der Waals surface area contributed by atoms with Crippen LogP contribution in [-0.2, 0) is 18.9 Å². The molecule has 0 saturated carbocycles. The predicted molar refractivity (Wildman–Crippen MR) is 123 cm³/mol. The average Bonchev–Trinajstić information content (AvgIpc) is 2.77. The van der Waals surface area contributed by atoms with E-state index in [0.717, 1.165) is 32.1 Å². The van der Waals surface area contributed by atoms with Crippen LogP contribution in [0.25, 0.3) is 0 Å². The highest BCUT2D eigenvalue weighted by Gasteiger charge is 2.45. The molecule has 2 fully saturated rings. The van der Waals surface area contributed by atoms with E-state index in [1.54, 1.807) is 7.11 Å². The fraction of sp³-hybridized carbons (Fsp3) is 1.00. The average molecular weight is 427 g/mol. The monoisotopic (exact) mass is 426 g/mol. The van der Waals surface area contributed by atoms with Gasteiger partial charge in [0.15, 0.2) is 12.6 Å². The molecule has 2 heterocycles. The first kappa shape index (κ1) is 26.1. The van der Waals surface area contributed by atoms with Gasteiger partial charge < -0.3 is 18.9 Å². The highest BCUT2D eigenvalue weighted by atomic mass is 16.7. The van der Waals surface area contributed by atoms with E-state index in [9.17, 15) is 0 Å². The van der Waals surface area contributed by atoms with Crippen molar-refractivity contribution in [3.8, 4) is 0 Å². The molecule has 0 N–H and O–H groups in total. The number of hydrogen-bond donors (Lipinski definition) is 0. The topological polar surface area (TPSA) is 36.9 Å². The molecule has 4 heteroatoms. The Hall–Kier alpha value is -0.160. The number of hydrogen-bond acceptors (Lipinski definition) is 4. The highest BCUT2D eigenvalue weighted by molar-refractivity contribution is 4.89. The Morgan fingerprint density at radius 1 is 0.633 bits per heavy atom. The lowest BCUT2D eigenvalue weighted by molar-refractivity contribution is -0.293. The Kier molecular flexibility index (Phi) is 11.1. The second kappa shape index (κ2) is 12.8. The predicted octanol–water partition coefficient (Wildman–Crippen LogP) is 6.67. The third kappa shape index (κ3) is 5.60. The lowest BCUT2D eigenvalue weighted by Gasteiger charge is -2.48. The van der Waals surface area contributed by atoms with Crippen LogP contribution in [-0.4, -0.2) is 38.5 Å². The van der Waals surface area contributed by atoms with Crippen LogP contribution >= 0.6 is 0 Å². The molecule has 2 aliphatic heterocycles. The summed E-state index contributed by atoms with van der Waals surface area (Å²) in [7, 11) is 1.78. The van der Waals surface area contributed by atoms with Crippen molar-refractivity contribution in [2.24, 2.45) is 35.5 Å². The van der Waals surface area contributed by atoms with E-state index in [-0.39, 0.29) is 18.7 Å². The van der Waals surface area contributed by atoms with Crippen LogP contribution in [0.1, 0.15) is 93.4 Å². The molecule has 0 aromatic heterocycles. The summed E-state index contributed by atoms with van der Waals surface area (Å²) in [5, 5.41) is 0. The van der Waals surface area contributed by atoms with Crippen LogP contribution in [0.2, 0.25) is 0 Å². The molecule has 178 valence electrons. The summed E-state index contributed by atoms with van der Waals surface area (Å²) in [6, 6.07) is 0. The molecule has 2 aliphatic rings. The van der Waals surface area contributed by atoms with Crippen LogP contribution in [0.15, 0.2) is 0 Å². The maximum Gasteiger partial charge on any atom is 0.161 e. The Morgan fingerprint density at radius 2 is 1.17 bits per heavy atom. The molecule has 2 saturated heterocycles. The van der Waals surface area contributed by atoms with Gasteiger partial charge in [-0.1, -0.05) is 74.1 Å². The Balaban J connectivity index is 2.13. The van der Waals surface area contributed by atoms with Gasteiger partial charge in [-0.3, -0.25) is 0 Å². The standard InChI is InChI=1S/C26H50O4/c1-9-15-23-17(7)18(10-2)21(13-5)26(29-23)28-16-24-20(12-4)19(11-3)22(14-6)25(27-8)30-24/h17-26H,9-16H2,1-8H3. The quantitative estimate of drug-likeness (QED) is 0.370. The largest absolute Gasteiger partial charge is 0.356 e. The molecule has 0 bridgehead atoms. The van der Waals surface area contributed by atoms with Crippen molar-refractivity contribution in [2.45, 2.75) is 118 Å². The van der Waals surface area contributed by atoms with Gasteiger partial charge in [0, 0.05) is 18.9 Å². The zero-order chi connectivity index (χ0) is 22.3. The zero-order valence-corrected chi connectivity index (χ0v) is 21.1. The van der Waals surface area contributed by atoms with Crippen molar-refractivity contribution in [3.05, 3.63) is 0 Å². The SMILES string of the molecule is CCCC1OC(OCC2OC(OC)C(CC)C(CC)C2CC)C(CC)C(CC)C1C. The molecule has 30 heavy (non-hydrogen) atoms. The van der Waals surface area contributed by atoms with Crippen molar-refractivity contribution in [3.63, 3.8) is 0 Å². The van der Waals surface area contributed by atoms with E-state index in [2.05, 4.69) is 48.5 Å². The van der Waals surface area contributed by atoms with E-state index in [0.29, 0.717) is 48.2 Å². The molecule has 0 spiro atoms. The van der Waals surface area contributed by atoms with E-state index < -0.39 is 0 Å². The van der Waals surface area contributed by atoms with E-state index in [1.165, 1.54) is 12.8 Å². The Bertz CT molecular complexity index is 464. The molecule has 0 aliphatic carbocycles. The molecular weight excluding hydrogens is 376 g/mol. The van der Waals surface area contributed by atoms with Crippen molar-refractivity contribution in [1.82, 2.24) is 0 Å². The minimum Gasteiger partial charge on any atom is -0.356 e. The molecule has 0 aromatic rings. The first-order chi connectivity index (χ1) is 14.5. The number of methoxy groups -OCH3 is 1. The molecule has 10 atom stereocenters. The van der Waals surface area contributed by atoms with Crippen LogP contribution < -0.4 is 0 Å². The van der Waals surface area contributed by atoms with Gasteiger partial charge in [0.2, 0.25) is 0 Å². The van der Waals surface area contributed by atoms with E-state index in [4.69, 9.17) is 18.9 Å². The van der Waals surface area contributed by atoms with Gasteiger partial charge in [0.1, 0.15) is 0 Å². The normalized spacial score (nSPS) is 42.4. The summed E-state index contributed by atoms with van der Waals surface area (Å²) in [5.74, 6) is 3.33. The molecule has 0 radical (unpaired) electrons. The lowest BCUT2D eigenvalue weighted by Crippen LogP contribution is -2.52. The molecule has 4 nitrogen and oxygen atoms in total. The fourth-order valence-electron chi connectivity index (χ4n) is 6.63.